The number of aromatic nitrogens is 1. The number of rotatable bonds is 6. The average Bonchev–Trinajstić information content (AvgIpc) is 3.15. The summed E-state index contributed by atoms with van der Waals surface area (Å²) in [6.07, 6.45) is 0.488. The summed E-state index contributed by atoms with van der Waals surface area (Å²) >= 11 is 0. The van der Waals surface area contributed by atoms with Crippen molar-refractivity contribution in [2.75, 3.05) is 32.7 Å². The second kappa shape index (κ2) is 9.85. The lowest BCUT2D eigenvalue weighted by Crippen LogP contribution is -2.51. The molecule has 1 aliphatic heterocycles. The Hall–Kier alpha value is -3.68. The van der Waals surface area contributed by atoms with Gasteiger partial charge in [0.05, 0.1) is 12.1 Å². The number of carbonyl (C=O) groups excluding carboxylic acids is 3. The number of benzene rings is 2. The van der Waals surface area contributed by atoms with Crippen LogP contribution in [0.1, 0.15) is 33.8 Å². The molecule has 0 bridgehead atoms. The van der Waals surface area contributed by atoms with E-state index >= 15 is 0 Å². The van der Waals surface area contributed by atoms with Gasteiger partial charge in [0.15, 0.2) is 0 Å². The van der Waals surface area contributed by atoms with Gasteiger partial charge in [0.25, 0.3) is 5.91 Å². The zero-order valence-electron chi connectivity index (χ0n) is 19.0. The Kier molecular flexibility index (Phi) is 6.72. The number of fused-ring (bicyclic) bond motifs is 1. The third-order valence-corrected chi connectivity index (χ3v) is 6.13. The summed E-state index contributed by atoms with van der Waals surface area (Å²) in [5.74, 6) is 0.467. The molecule has 1 N–H and O–H groups in total. The number of piperazine rings is 1. The second-order valence-electron chi connectivity index (χ2n) is 8.31. The van der Waals surface area contributed by atoms with E-state index in [0.29, 0.717) is 37.5 Å². The van der Waals surface area contributed by atoms with E-state index < -0.39 is 0 Å². The molecule has 0 aliphatic carbocycles. The van der Waals surface area contributed by atoms with Crippen molar-refractivity contribution in [1.82, 2.24) is 20.3 Å². The number of nitrogens with one attached hydrogen (secondary N) is 1. The van der Waals surface area contributed by atoms with E-state index in [9.17, 15) is 14.4 Å². The molecule has 3 aromatic rings. The van der Waals surface area contributed by atoms with E-state index in [1.807, 2.05) is 43.3 Å². The quantitative estimate of drug-likeness (QED) is 0.625. The van der Waals surface area contributed by atoms with Gasteiger partial charge in [0.2, 0.25) is 11.8 Å². The van der Waals surface area contributed by atoms with Gasteiger partial charge < -0.3 is 19.6 Å². The second-order valence-corrected chi connectivity index (χ2v) is 8.31. The molecule has 3 amide bonds. The molecular weight excluding hydrogens is 420 g/mol. The van der Waals surface area contributed by atoms with Crippen LogP contribution in [0.15, 0.2) is 47.0 Å². The fraction of sp³-hybridized carbons (Fsp3) is 0.360. The maximum atomic E-state index is 12.6. The molecule has 8 heteroatoms. The Balaban J connectivity index is 1.21. The summed E-state index contributed by atoms with van der Waals surface area (Å²) in [5.41, 5.74) is 2.15. The zero-order chi connectivity index (χ0) is 23.4. The topological polar surface area (TPSA) is 95.8 Å². The van der Waals surface area contributed by atoms with Crippen LogP contribution in [0.3, 0.4) is 0 Å². The van der Waals surface area contributed by atoms with Crippen LogP contribution in [-0.4, -0.2) is 65.4 Å². The van der Waals surface area contributed by atoms with Crippen molar-refractivity contribution in [3.8, 4) is 0 Å². The van der Waals surface area contributed by atoms with E-state index in [1.165, 1.54) is 0 Å². The van der Waals surface area contributed by atoms with Gasteiger partial charge in [-0.05, 0) is 36.8 Å². The van der Waals surface area contributed by atoms with Crippen LogP contribution in [0.25, 0.3) is 10.8 Å². The van der Waals surface area contributed by atoms with Crippen LogP contribution in [0, 0.1) is 13.8 Å². The highest BCUT2D eigenvalue weighted by atomic mass is 16.5. The molecule has 4 rings (SSSR count). The highest BCUT2D eigenvalue weighted by molar-refractivity contribution is 5.98. The van der Waals surface area contributed by atoms with Gasteiger partial charge in [-0.2, -0.15) is 0 Å². The predicted molar refractivity (Wildman–Crippen MR) is 124 cm³/mol. The van der Waals surface area contributed by atoms with E-state index in [1.54, 1.807) is 22.8 Å². The molecule has 1 aromatic heterocycles. The van der Waals surface area contributed by atoms with Gasteiger partial charge in [0, 0.05) is 50.3 Å². The van der Waals surface area contributed by atoms with Crippen LogP contribution in [0.2, 0.25) is 0 Å². The highest BCUT2D eigenvalue weighted by Crippen LogP contribution is 2.16. The average molecular weight is 449 g/mol. The Bertz CT molecular complexity index is 1160. The SMILES string of the molecule is Cc1noc(C)c1CC(=O)N1CCN(C(=O)CCNC(=O)c2ccc3ccccc3c2)CC1. The Morgan fingerprint density at radius 1 is 0.939 bits per heavy atom. The summed E-state index contributed by atoms with van der Waals surface area (Å²) in [5, 5.41) is 8.80. The molecule has 0 spiro atoms. The molecule has 2 heterocycles. The van der Waals surface area contributed by atoms with Gasteiger partial charge in [-0.1, -0.05) is 35.5 Å². The van der Waals surface area contributed by atoms with Gasteiger partial charge in [-0.15, -0.1) is 0 Å². The highest BCUT2D eigenvalue weighted by Gasteiger charge is 2.25. The molecule has 33 heavy (non-hydrogen) atoms. The standard InChI is InChI=1S/C25H28N4O4/c1-17-22(18(2)33-27-17)16-24(31)29-13-11-28(12-14-29)23(30)9-10-26-25(32)21-8-7-19-5-3-4-6-20(19)15-21/h3-8,15H,9-14,16H2,1-2H3,(H,26,32). The fourth-order valence-corrected chi connectivity index (χ4v) is 4.10. The van der Waals surface area contributed by atoms with E-state index in [4.69, 9.17) is 4.52 Å². The minimum Gasteiger partial charge on any atom is -0.361 e. The van der Waals surface area contributed by atoms with E-state index in [2.05, 4.69) is 10.5 Å². The molecule has 1 saturated heterocycles. The summed E-state index contributed by atoms with van der Waals surface area (Å²) in [7, 11) is 0. The van der Waals surface area contributed by atoms with E-state index in [-0.39, 0.29) is 37.1 Å². The Labute approximate surface area is 192 Å². The Morgan fingerprint density at radius 3 is 2.27 bits per heavy atom. The largest absolute Gasteiger partial charge is 0.361 e. The van der Waals surface area contributed by atoms with Crippen molar-refractivity contribution < 1.29 is 18.9 Å². The number of carbonyl (C=O) groups is 3. The molecule has 172 valence electrons. The van der Waals surface area contributed by atoms with Crippen molar-refractivity contribution in [3.05, 3.63) is 65.0 Å². The van der Waals surface area contributed by atoms with Crippen molar-refractivity contribution in [1.29, 1.82) is 0 Å². The van der Waals surface area contributed by atoms with Crippen LogP contribution >= 0.6 is 0 Å². The first-order chi connectivity index (χ1) is 15.9. The number of hydrogen-bond donors (Lipinski definition) is 1. The van der Waals surface area contributed by atoms with Crippen molar-refractivity contribution >= 4 is 28.5 Å². The molecule has 0 radical (unpaired) electrons. The smallest absolute Gasteiger partial charge is 0.251 e. The molecule has 2 aromatic carbocycles. The molecule has 1 aliphatic rings. The summed E-state index contributed by atoms with van der Waals surface area (Å²) < 4.78 is 5.13. The lowest BCUT2D eigenvalue weighted by atomic mass is 10.1. The van der Waals surface area contributed by atoms with E-state index in [0.717, 1.165) is 22.0 Å². The lowest BCUT2D eigenvalue weighted by Gasteiger charge is -2.35. The maximum absolute atomic E-state index is 12.6. The number of hydrogen-bond acceptors (Lipinski definition) is 5. The van der Waals surface area contributed by atoms with Gasteiger partial charge in [0.1, 0.15) is 5.76 Å². The number of amides is 3. The first-order valence-electron chi connectivity index (χ1n) is 11.2. The molecule has 0 saturated carbocycles. The molecule has 1 fully saturated rings. The minimum absolute atomic E-state index is 0.0131. The third kappa shape index (κ3) is 5.22. The summed E-state index contributed by atoms with van der Waals surface area (Å²) in [4.78, 5) is 41.2. The first kappa shape index (κ1) is 22.5. The van der Waals surface area contributed by atoms with Crippen molar-refractivity contribution in [2.24, 2.45) is 0 Å². The van der Waals surface area contributed by atoms with Crippen molar-refractivity contribution in [2.45, 2.75) is 26.7 Å². The fourth-order valence-electron chi connectivity index (χ4n) is 4.10. The van der Waals surface area contributed by atoms with Crippen LogP contribution < -0.4 is 5.32 Å². The maximum Gasteiger partial charge on any atom is 0.251 e. The molecule has 0 atom stereocenters. The first-order valence-corrected chi connectivity index (χ1v) is 11.2. The predicted octanol–water partition coefficient (Wildman–Crippen LogP) is 2.48. The summed E-state index contributed by atoms with van der Waals surface area (Å²) in [6, 6.07) is 13.4. The van der Waals surface area contributed by atoms with Crippen LogP contribution in [-0.2, 0) is 16.0 Å². The van der Waals surface area contributed by atoms with Gasteiger partial charge >= 0.3 is 0 Å². The molecule has 8 nitrogen and oxygen atoms in total. The van der Waals surface area contributed by atoms with Crippen molar-refractivity contribution in [3.63, 3.8) is 0 Å². The molecular formula is C25H28N4O4. The third-order valence-electron chi connectivity index (χ3n) is 6.13. The molecule has 0 unspecified atom stereocenters. The number of aryl methyl sites for hydroxylation is 2. The monoisotopic (exact) mass is 448 g/mol. The Morgan fingerprint density at radius 2 is 1.61 bits per heavy atom. The van der Waals surface area contributed by atoms with Crippen LogP contribution in [0.5, 0.6) is 0 Å². The van der Waals surface area contributed by atoms with Crippen LogP contribution in [0.4, 0.5) is 0 Å². The van der Waals surface area contributed by atoms with Gasteiger partial charge in [-0.3, -0.25) is 14.4 Å². The number of nitrogens with zero attached hydrogens (tertiary/aromatic N) is 3. The lowest BCUT2D eigenvalue weighted by molar-refractivity contribution is -0.139. The zero-order valence-corrected chi connectivity index (χ0v) is 19.0. The van der Waals surface area contributed by atoms with Gasteiger partial charge in [-0.25, -0.2) is 0 Å². The normalized spacial score (nSPS) is 13.9. The summed E-state index contributed by atoms with van der Waals surface area (Å²) in [6.45, 7) is 5.88. The minimum atomic E-state index is -0.191.